The van der Waals surface area contributed by atoms with Crippen molar-refractivity contribution in [1.82, 2.24) is 10.3 Å². The summed E-state index contributed by atoms with van der Waals surface area (Å²) in [5.74, 6) is -0.368. The van der Waals surface area contributed by atoms with Crippen LogP contribution in [-0.2, 0) is 6.54 Å². The summed E-state index contributed by atoms with van der Waals surface area (Å²) in [7, 11) is 0. The second-order valence-electron chi connectivity index (χ2n) is 7.81. The van der Waals surface area contributed by atoms with Crippen LogP contribution in [0.5, 0.6) is 0 Å². The van der Waals surface area contributed by atoms with Crippen molar-refractivity contribution in [1.29, 1.82) is 0 Å². The van der Waals surface area contributed by atoms with Gasteiger partial charge in [0.15, 0.2) is 0 Å². The molecule has 8 heteroatoms. The normalized spacial score (nSPS) is 14.4. The standard InChI is InChI=1S/C25H25N5O3/c31-25(27-26-18-22-6-4-5-9-24(22)30(32)33)21-12-10-20(11-13-21)19-28-14-16-29(17-15-28)23-7-2-1-3-8-23/h1-13,18H,14-17,19H2,(H,27,31)/b26-18-. The topological polar surface area (TPSA) is 91.1 Å². The van der Waals surface area contributed by atoms with Gasteiger partial charge in [-0.1, -0.05) is 42.5 Å². The molecule has 0 bridgehead atoms. The van der Waals surface area contributed by atoms with Crippen LogP contribution in [0.4, 0.5) is 11.4 Å². The van der Waals surface area contributed by atoms with Gasteiger partial charge in [-0.25, -0.2) is 5.43 Å². The van der Waals surface area contributed by atoms with Crippen molar-refractivity contribution >= 4 is 23.5 Å². The van der Waals surface area contributed by atoms with E-state index in [-0.39, 0.29) is 11.6 Å². The third kappa shape index (κ3) is 5.81. The van der Waals surface area contributed by atoms with Crippen LogP contribution < -0.4 is 10.3 Å². The average molecular weight is 444 g/mol. The highest BCUT2D eigenvalue weighted by Crippen LogP contribution is 2.17. The van der Waals surface area contributed by atoms with Crippen LogP contribution in [0.25, 0.3) is 0 Å². The van der Waals surface area contributed by atoms with Gasteiger partial charge in [0.25, 0.3) is 11.6 Å². The fraction of sp³-hybridized carbons (Fsp3) is 0.200. The van der Waals surface area contributed by atoms with Crippen LogP contribution >= 0.6 is 0 Å². The van der Waals surface area contributed by atoms with Crippen molar-refractivity contribution in [2.75, 3.05) is 31.1 Å². The highest BCUT2D eigenvalue weighted by atomic mass is 16.6. The molecule has 8 nitrogen and oxygen atoms in total. The molecule has 33 heavy (non-hydrogen) atoms. The number of hydrazone groups is 1. The van der Waals surface area contributed by atoms with E-state index in [0.717, 1.165) is 38.3 Å². The summed E-state index contributed by atoms with van der Waals surface area (Å²) < 4.78 is 0. The molecule has 4 rings (SSSR count). The second kappa shape index (κ2) is 10.5. The second-order valence-corrected chi connectivity index (χ2v) is 7.81. The number of carbonyl (C=O) groups is 1. The summed E-state index contributed by atoms with van der Waals surface area (Å²) in [5, 5.41) is 14.9. The van der Waals surface area contributed by atoms with Gasteiger partial charge in [-0.15, -0.1) is 0 Å². The number of nitro groups is 1. The molecule has 1 fully saturated rings. The van der Waals surface area contributed by atoms with Crippen LogP contribution in [-0.4, -0.2) is 48.1 Å². The molecule has 1 saturated heterocycles. The first kappa shape index (κ1) is 22.2. The molecule has 3 aromatic rings. The lowest BCUT2D eigenvalue weighted by molar-refractivity contribution is -0.385. The van der Waals surface area contributed by atoms with E-state index in [9.17, 15) is 14.9 Å². The summed E-state index contributed by atoms with van der Waals surface area (Å²) in [5.41, 5.74) is 5.57. The summed E-state index contributed by atoms with van der Waals surface area (Å²) in [6.45, 7) is 4.78. The SMILES string of the molecule is O=C(N/N=C\c1ccccc1[N+](=O)[O-])c1ccc(CN2CCN(c3ccccc3)CC2)cc1. The molecular formula is C25H25N5O3. The van der Waals surface area contributed by atoms with Gasteiger partial charge in [0.2, 0.25) is 0 Å². The van der Waals surface area contributed by atoms with E-state index >= 15 is 0 Å². The van der Waals surface area contributed by atoms with Gasteiger partial charge < -0.3 is 4.90 Å². The Morgan fingerprint density at radius 3 is 2.30 bits per heavy atom. The largest absolute Gasteiger partial charge is 0.369 e. The molecular weight excluding hydrogens is 418 g/mol. The van der Waals surface area contributed by atoms with Gasteiger partial charge in [-0.3, -0.25) is 19.8 Å². The zero-order chi connectivity index (χ0) is 23.0. The summed E-state index contributed by atoms with van der Waals surface area (Å²) in [6.07, 6.45) is 1.28. The monoisotopic (exact) mass is 443 g/mol. The predicted molar refractivity (Wildman–Crippen MR) is 129 cm³/mol. The number of carbonyl (C=O) groups excluding carboxylic acids is 1. The molecule has 1 amide bonds. The number of hydrogen-bond donors (Lipinski definition) is 1. The molecule has 1 N–H and O–H groups in total. The molecule has 1 aliphatic heterocycles. The first-order valence-corrected chi connectivity index (χ1v) is 10.8. The van der Waals surface area contributed by atoms with E-state index in [4.69, 9.17) is 0 Å². The van der Waals surface area contributed by atoms with Crippen LogP contribution in [0.3, 0.4) is 0 Å². The minimum Gasteiger partial charge on any atom is -0.369 e. The van der Waals surface area contributed by atoms with Crippen molar-refractivity contribution in [2.24, 2.45) is 5.10 Å². The molecule has 1 aliphatic rings. The number of nitrogens with zero attached hydrogens (tertiary/aromatic N) is 4. The van der Waals surface area contributed by atoms with Crippen molar-refractivity contribution in [3.05, 3.63) is 106 Å². The van der Waals surface area contributed by atoms with E-state index in [1.165, 1.54) is 18.0 Å². The minimum absolute atomic E-state index is 0.0653. The Bertz CT molecular complexity index is 1120. The van der Waals surface area contributed by atoms with E-state index in [0.29, 0.717) is 11.1 Å². The Morgan fingerprint density at radius 2 is 1.61 bits per heavy atom. The van der Waals surface area contributed by atoms with Gasteiger partial charge in [0, 0.05) is 50.0 Å². The molecule has 0 aromatic heterocycles. The molecule has 0 atom stereocenters. The molecule has 0 spiro atoms. The summed E-state index contributed by atoms with van der Waals surface area (Å²) in [6, 6.07) is 24.1. The third-order valence-corrected chi connectivity index (χ3v) is 5.62. The lowest BCUT2D eigenvalue weighted by Crippen LogP contribution is -2.45. The maximum atomic E-state index is 12.4. The Balaban J connectivity index is 1.28. The lowest BCUT2D eigenvalue weighted by Gasteiger charge is -2.36. The maximum absolute atomic E-state index is 12.4. The number of nitro benzene ring substituents is 1. The molecule has 0 saturated carbocycles. The fourth-order valence-electron chi connectivity index (χ4n) is 3.81. The Labute approximate surface area is 192 Å². The van der Waals surface area contributed by atoms with Gasteiger partial charge in [0.05, 0.1) is 16.7 Å². The molecule has 1 heterocycles. The van der Waals surface area contributed by atoms with Crippen molar-refractivity contribution in [3.63, 3.8) is 0 Å². The number of benzene rings is 3. The maximum Gasteiger partial charge on any atom is 0.278 e. The van der Waals surface area contributed by atoms with Crippen LogP contribution in [0.1, 0.15) is 21.5 Å². The molecule has 0 aliphatic carbocycles. The van der Waals surface area contributed by atoms with Gasteiger partial charge in [0.1, 0.15) is 0 Å². The Morgan fingerprint density at radius 1 is 0.939 bits per heavy atom. The lowest BCUT2D eigenvalue weighted by atomic mass is 10.1. The van der Waals surface area contributed by atoms with Crippen LogP contribution in [0, 0.1) is 10.1 Å². The smallest absolute Gasteiger partial charge is 0.278 e. The fourth-order valence-corrected chi connectivity index (χ4v) is 3.81. The number of amides is 1. The predicted octanol–water partition coefficient (Wildman–Crippen LogP) is 3.68. The number of para-hydroxylation sites is 2. The number of anilines is 1. The van der Waals surface area contributed by atoms with E-state index in [1.807, 2.05) is 18.2 Å². The molecule has 3 aromatic carbocycles. The summed E-state index contributed by atoms with van der Waals surface area (Å²) in [4.78, 5) is 27.7. The zero-order valence-corrected chi connectivity index (χ0v) is 18.1. The quantitative estimate of drug-likeness (QED) is 0.342. The highest BCUT2D eigenvalue weighted by Gasteiger charge is 2.17. The number of piperazine rings is 1. The molecule has 168 valence electrons. The molecule has 0 unspecified atom stereocenters. The van der Waals surface area contributed by atoms with Crippen molar-refractivity contribution < 1.29 is 9.72 Å². The third-order valence-electron chi connectivity index (χ3n) is 5.62. The number of hydrogen-bond acceptors (Lipinski definition) is 6. The average Bonchev–Trinajstić information content (AvgIpc) is 2.85. The molecule has 0 radical (unpaired) electrons. The van der Waals surface area contributed by atoms with E-state index in [2.05, 4.69) is 44.6 Å². The number of rotatable bonds is 7. The minimum atomic E-state index is -0.483. The highest BCUT2D eigenvalue weighted by molar-refractivity contribution is 5.95. The Kier molecular flexibility index (Phi) is 7.06. The van der Waals surface area contributed by atoms with E-state index < -0.39 is 4.92 Å². The Hall–Kier alpha value is -4.04. The van der Waals surface area contributed by atoms with Crippen molar-refractivity contribution in [2.45, 2.75) is 6.54 Å². The zero-order valence-electron chi connectivity index (χ0n) is 18.1. The van der Waals surface area contributed by atoms with E-state index in [1.54, 1.807) is 30.3 Å². The van der Waals surface area contributed by atoms with Crippen molar-refractivity contribution in [3.8, 4) is 0 Å². The first-order chi connectivity index (χ1) is 16.1. The van der Waals surface area contributed by atoms with Crippen LogP contribution in [0.15, 0.2) is 84.0 Å². The number of nitrogens with one attached hydrogen (secondary N) is 1. The van der Waals surface area contributed by atoms with Gasteiger partial charge in [-0.2, -0.15) is 5.10 Å². The van der Waals surface area contributed by atoms with Gasteiger partial charge >= 0.3 is 0 Å². The van der Waals surface area contributed by atoms with Gasteiger partial charge in [-0.05, 0) is 35.9 Å². The first-order valence-electron chi connectivity index (χ1n) is 10.8. The van der Waals surface area contributed by atoms with Crippen LogP contribution in [0.2, 0.25) is 0 Å². The summed E-state index contributed by atoms with van der Waals surface area (Å²) >= 11 is 0.